The predicted molar refractivity (Wildman–Crippen MR) is 222 cm³/mol. The molecule has 10 rings (SSSR count). The third-order valence-electron chi connectivity index (χ3n) is 11.4. The van der Waals surface area contributed by atoms with E-state index >= 15 is 0 Å². The van der Waals surface area contributed by atoms with Crippen LogP contribution in [0.15, 0.2) is 61.2 Å². The Kier molecular flexibility index (Phi) is 11.5. The molecular formula is C42H50N12O5. The van der Waals surface area contributed by atoms with Crippen LogP contribution in [0, 0.1) is 0 Å². The number of amides is 1. The van der Waals surface area contributed by atoms with Crippen molar-refractivity contribution in [3.63, 3.8) is 0 Å². The number of benzene rings is 2. The van der Waals surface area contributed by atoms with Gasteiger partial charge in [0.05, 0.1) is 39.1 Å². The maximum absolute atomic E-state index is 12.7. The van der Waals surface area contributed by atoms with Gasteiger partial charge in [0.25, 0.3) is 0 Å². The molecule has 2 N–H and O–H groups in total. The number of rotatable bonds is 9. The average molecular weight is 803 g/mol. The van der Waals surface area contributed by atoms with E-state index in [4.69, 9.17) is 29.4 Å². The first kappa shape index (κ1) is 38.6. The fraction of sp³-hybridized carbons (Fsp3) is 0.452. The molecule has 2 aromatic carbocycles. The number of aromatic nitrogens is 8. The van der Waals surface area contributed by atoms with Gasteiger partial charge in [0.15, 0.2) is 11.3 Å². The van der Waals surface area contributed by atoms with E-state index in [1.54, 1.807) is 41.2 Å². The van der Waals surface area contributed by atoms with Crippen LogP contribution in [-0.2, 0) is 27.4 Å². The summed E-state index contributed by atoms with van der Waals surface area (Å²) in [5.41, 5.74) is 5.86. The summed E-state index contributed by atoms with van der Waals surface area (Å²) in [5, 5.41) is 19.9. The minimum absolute atomic E-state index is 0.0808. The van der Waals surface area contributed by atoms with E-state index in [2.05, 4.69) is 29.2 Å². The van der Waals surface area contributed by atoms with Gasteiger partial charge in [-0.05, 0) is 63.0 Å². The van der Waals surface area contributed by atoms with Crippen LogP contribution < -0.4 is 9.80 Å². The highest BCUT2D eigenvalue weighted by Crippen LogP contribution is 2.31. The third kappa shape index (κ3) is 8.63. The number of hydrogen-bond donors (Lipinski definition) is 2. The lowest BCUT2D eigenvalue weighted by molar-refractivity contribution is -0.130. The van der Waals surface area contributed by atoms with E-state index in [0.717, 1.165) is 80.1 Å². The van der Waals surface area contributed by atoms with Gasteiger partial charge in [-0.1, -0.05) is 24.3 Å². The van der Waals surface area contributed by atoms with Crippen LogP contribution in [0.4, 0.5) is 11.9 Å². The largest absolute Gasteiger partial charge is 0.508 e. The molecule has 4 aliphatic heterocycles. The van der Waals surface area contributed by atoms with Crippen LogP contribution in [-0.4, -0.2) is 150 Å². The minimum atomic E-state index is 0.0808. The van der Waals surface area contributed by atoms with Crippen molar-refractivity contribution in [2.24, 2.45) is 0 Å². The number of imidazole rings is 2. The van der Waals surface area contributed by atoms with Gasteiger partial charge in [-0.25, -0.2) is 19.9 Å². The first-order chi connectivity index (χ1) is 29.0. The van der Waals surface area contributed by atoms with Gasteiger partial charge in [-0.3, -0.25) is 4.79 Å². The Labute approximate surface area is 341 Å². The molecule has 0 saturated carbocycles. The van der Waals surface area contributed by atoms with Gasteiger partial charge in [0.1, 0.15) is 40.5 Å². The number of likely N-dealkylation sites (tertiary alicyclic amines) is 2. The van der Waals surface area contributed by atoms with E-state index in [1.807, 2.05) is 29.4 Å². The number of fused-ring (bicyclic) bond motifs is 2. The van der Waals surface area contributed by atoms with Crippen molar-refractivity contribution in [2.45, 2.75) is 38.8 Å². The first-order valence-corrected chi connectivity index (χ1v) is 20.7. The monoisotopic (exact) mass is 802 g/mol. The molecular weight excluding hydrogens is 753 g/mol. The number of phenols is 2. The maximum atomic E-state index is 12.7. The van der Waals surface area contributed by atoms with Crippen LogP contribution >= 0.6 is 0 Å². The Balaban J connectivity index is 0.000000152. The molecule has 0 aliphatic carbocycles. The predicted octanol–water partition coefficient (Wildman–Crippen LogP) is 3.79. The fourth-order valence-electron chi connectivity index (χ4n) is 8.13. The maximum Gasteiger partial charge on any atom is 0.242 e. The number of carbonyl (C=O) groups excluding carboxylic acids is 1. The fourth-order valence-corrected chi connectivity index (χ4v) is 8.13. The molecule has 308 valence electrons. The lowest BCUT2D eigenvalue weighted by atomic mass is 10.1. The van der Waals surface area contributed by atoms with Crippen molar-refractivity contribution < 1.29 is 24.5 Å². The molecule has 8 heterocycles. The normalized spacial score (nSPS) is 17.5. The zero-order valence-corrected chi connectivity index (χ0v) is 33.2. The van der Waals surface area contributed by atoms with Gasteiger partial charge < -0.3 is 48.4 Å². The molecule has 1 amide bonds. The number of nitrogens with zero attached hydrogens (tertiary/aromatic N) is 12. The van der Waals surface area contributed by atoms with Crippen molar-refractivity contribution in [1.82, 2.24) is 48.8 Å². The molecule has 4 aromatic heterocycles. The molecule has 4 aliphatic rings. The number of aromatic hydroxyl groups is 2. The summed E-state index contributed by atoms with van der Waals surface area (Å²) in [6.45, 7) is 11.6. The molecule has 6 aromatic rings. The first-order valence-electron chi connectivity index (χ1n) is 20.7. The van der Waals surface area contributed by atoms with E-state index in [-0.39, 0.29) is 24.0 Å². The third-order valence-corrected chi connectivity index (χ3v) is 11.4. The van der Waals surface area contributed by atoms with Gasteiger partial charge in [0, 0.05) is 63.5 Å². The summed E-state index contributed by atoms with van der Waals surface area (Å²) in [5.74, 6) is 1.74. The van der Waals surface area contributed by atoms with Crippen LogP contribution in [0.25, 0.3) is 44.8 Å². The molecule has 4 saturated heterocycles. The zero-order valence-electron chi connectivity index (χ0n) is 33.2. The van der Waals surface area contributed by atoms with Crippen LogP contribution in [0.1, 0.15) is 25.7 Å². The minimum Gasteiger partial charge on any atom is -0.508 e. The summed E-state index contributed by atoms with van der Waals surface area (Å²) in [4.78, 5) is 49.8. The highest BCUT2D eigenvalue weighted by Gasteiger charge is 2.24. The lowest BCUT2D eigenvalue weighted by Gasteiger charge is -2.27. The van der Waals surface area contributed by atoms with Gasteiger partial charge in [-0.2, -0.15) is 9.97 Å². The molecule has 0 unspecified atom stereocenters. The summed E-state index contributed by atoms with van der Waals surface area (Å²) < 4.78 is 14.9. The van der Waals surface area contributed by atoms with Gasteiger partial charge in [-0.15, -0.1) is 0 Å². The highest BCUT2D eigenvalue weighted by atomic mass is 16.5. The molecule has 0 atom stereocenters. The summed E-state index contributed by atoms with van der Waals surface area (Å²) in [6, 6.07) is 14.1. The van der Waals surface area contributed by atoms with Crippen molar-refractivity contribution in [3.8, 4) is 34.0 Å². The van der Waals surface area contributed by atoms with E-state index in [9.17, 15) is 15.0 Å². The quantitative estimate of drug-likeness (QED) is 0.216. The second kappa shape index (κ2) is 17.5. The van der Waals surface area contributed by atoms with Crippen LogP contribution in [0.3, 0.4) is 0 Å². The molecule has 59 heavy (non-hydrogen) atoms. The highest BCUT2D eigenvalue weighted by molar-refractivity contribution is 5.90. The molecule has 17 nitrogen and oxygen atoms in total. The number of anilines is 2. The van der Waals surface area contributed by atoms with Gasteiger partial charge in [0.2, 0.25) is 17.8 Å². The van der Waals surface area contributed by atoms with Crippen LogP contribution in [0.2, 0.25) is 0 Å². The number of ether oxygens (including phenoxy) is 2. The lowest BCUT2D eigenvalue weighted by Crippen LogP contribution is -2.37. The summed E-state index contributed by atoms with van der Waals surface area (Å²) in [6.07, 6.45) is 8.21. The molecule has 0 spiro atoms. The van der Waals surface area contributed by atoms with Crippen molar-refractivity contribution in [3.05, 3.63) is 61.2 Å². The second-order valence-electron chi connectivity index (χ2n) is 15.3. The Morgan fingerprint density at radius 3 is 1.61 bits per heavy atom. The Morgan fingerprint density at radius 1 is 0.593 bits per heavy atom. The van der Waals surface area contributed by atoms with E-state index < -0.39 is 0 Å². The van der Waals surface area contributed by atoms with E-state index in [1.165, 1.54) is 25.9 Å². The number of phenolic OH excluding ortho intramolecular Hbond substituents is 2. The summed E-state index contributed by atoms with van der Waals surface area (Å²) in [7, 11) is 0. The Bertz CT molecular complexity index is 2390. The van der Waals surface area contributed by atoms with E-state index in [0.29, 0.717) is 68.3 Å². The summed E-state index contributed by atoms with van der Waals surface area (Å²) >= 11 is 0. The molecule has 0 radical (unpaired) electrons. The topological polar surface area (TPSA) is 176 Å². The van der Waals surface area contributed by atoms with Gasteiger partial charge >= 0.3 is 0 Å². The van der Waals surface area contributed by atoms with Crippen molar-refractivity contribution in [2.75, 3.05) is 95.1 Å². The number of morpholine rings is 2. The average Bonchev–Trinajstić information content (AvgIpc) is 4.12. The van der Waals surface area contributed by atoms with Crippen molar-refractivity contribution in [1.29, 1.82) is 0 Å². The standard InChI is InChI=1S/C21H24N6O3.C21H26N6O2/c28-16-5-3-4-15(12-16)18-19-20(24-21(23-18)26-8-10-30-11-9-26)27(14-22-19)13-17(29)25-6-1-2-7-25;28-17-5-3-4-16(14-17)18-19-20(24-21(23-18)26-10-12-29-13-11-26)27(15-22-19)9-8-25-6-1-2-7-25/h3-5,12,14,28H,1-2,6-11,13H2;3-5,14-15,28H,1-2,6-13H2. The second-order valence-corrected chi connectivity index (χ2v) is 15.3. The molecule has 17 heteroatoms. The van der Waals surface area contributed by atoms with Crippen LogP contribution in [0.5, 0.6) is 11.5 Å². The SMILES string of the molecule is O=C(Cn1cnc2c(-c3cccc(O)c3)nc(N3CCOCC3)nc21)N1CCCC1.Oc1cccc(-c2nc(N3CCOCC3)nc3c2ncn3CCN2CCCC2)c1. The Morgan fingerprint density at radius 2 is 1.08 bits per heavy atom. The van der Waals surface area contributed by atoms with Crippen molar-refractivity contribution >= 4 is 40.1 Å². The molecule has 4 fully saturated rings. The number of carbonyl (C=O) groups is 1. The zero-order chi connectivity index (χ0) is 40.1. The smallest absolute Gasteiger partial charge is 0.242 e. The number of hydrogen-bond acceptors (Lipinski definition) is 14. The Hall–Kier alpha value is -5.91. The molecule has 0 bridgehead atoms.